The lowest BCUT2D eigenvalue weighted by Gasteiger charge is -1.92. The van der Waals surface area contributed by atoms with Crippen molar-refractivity contribution in [2.75, 3.05) is 12.3 Å². The van der Waals surface area contributed by atoms with E-state index in [1.807, 2.05) is 0 Å². The molecule has 1 N–H and O–H groups in total. The molecule has 0 aliphatic heterocycles. The molecule has 0 amide bonds. The van der Waals surface area contributed by atoms with Crippen LogP contribution >= 0.6 is 0 Å². The van der Waals surface area contributed by atoms with Crippen LogP contribution in [0, 0.1) is 0 Å². The summed E-state index contributed by atoms with van der Waals surface area (Å²) in [5.74, 6) is -0.365. The van der Waals surface area contributed by atoms with Crippen molar-refractivity contribution < 1.29 is 13.0 Å². The number of rotatable bonds is 4. The molecule has 5 nitrogen and oxygen atoms in total. The van der Waals surface area contributed by atoms with E-state index in [4.69, 9.17) is 4.55 Å². The maximum atomic E-state index is 10.3. The van der Waals surface area contributed by atoms with Gasteiger partial charge >= 0.3 is 0 Å². The van der Waals surface area contributed by atoms with Crippen molar-refractivity contribution in [3.8, 4) is 0 Å². The average molecular weight is 214 g/mol. The zero-order chi connectivity index (χ0) is 10.4. The van der Waals surface area contributed by atoms with Crippen molar-refractivity contribution in [1.29, 1.82) is 0 Å². The molecule has 0 atom stereocenters. The van der Waals surface area contributed by atoms with Gasteiger partial charge in [0.05, 0.1) is 18.0 Å². The molecule has 0 aliphatic rings. The fourth-order valence-corrected chi connectivity index (χ4v) is 1.11. The van der Waals surface area contributed by atoms with E-state index in [0.29, 0.717) is 5.69 Å². The summed E-state index contributed by atoms with van der Waals surface area (Å²) in [4.78, 5) is 7.75. The van der Waals surface area contributed by atoms with Crippen molar-refractivity contribution in [3.05, 3.63) is 30.1 Å². The molecule has 0 fully saturated rings. The van der Waals surface area contributed by atoms with Gasteiger partial charge in [-0.05, 0) is 12.1 Å². The van der Waals surface area contributed by atoms with Gasteiger partial charge in [-0.25, -0.2) is 0 Å². The summed E-state index contributed by atoms with van der Waals surface area (Å²) in [5.41, 5.74) is 0.655. The summed E-state index contributed by atoms with van der Waals surface area (Å²) in [5, 5.41) is 0. The highest BCUT2D eigenvalue weighted by molar-refractivity contribution is 7.85. The highest BCUT2D eigenvalue weighted by Gasteiger charge is 2.01. The summed E-state index contributed by atoms with van der Waals surface area (Å²) < 4.78 is 29.0. The first-order valence-electron chi connectivity index (χ1n) is 3.94. The first kappa shape index (κ1) is 10.8. The third-order valence-electron chi connectivity index (χ3n) is 1.39. The van der Waals surface area contributed by atoms with E-state index in [-0.39, 0.29) is 12.3 Å². The molecule has 0 saturated carbocycles. The molecule has 0 radical (unpaired) electrons. The molecule has 76 valence electrons. The third kappa shape index (κ3) is 4.68. The predicted molar refractivity (Wildman–Crippen MR) is 53.1 cm³/mol. The number of hydrogen-bond donors (Lipinski definition) is 1. The molecule has 0 unspecified atom stereocenters. The van der Waals surface area contributed by atoms with Crippen LogP contribution < -0.4 is 0 Å². The first-order chi connectivity index (χ1) is 6.58. The van der Waals surface area contributed by atoms with Crippen LogP contribution in [0.4, 0.5) is 0 Å². The van der Waals surface area contributed by atoms with Gasteiger partial charge in [0.1, 0.15) is 0 Å². The van der Waals surface area contributed by atoms with Crippen molar-refractivity contribution >= 4 is 16.3 Å². The Balaban J connectivity index is 2.43. The molecule has 0 bridgehead atoms. The maximum absolute atomic E-state index is 10.3. The monoisotopic (exact) mass is 214 g/mol. The van der Waals surface area contributed by atoms with Crippen molar-refractivity contribution in [2.24, 2.45) is 4.99 Å². The second kappa shape index (κ2) is 4.83. The molecule has 14 heavy (non-hydrogen) atoms. The van der Waals surface area contributed by atoms with E-state index in [0.717, 1.165) is 0 Å². The fraction of sp³-hybridized carbons (Fsp3) is 0.250. The van der Waals surface area contributed by atoms with Crippen LogP contribution in [0.15, 0.2) is 29.4 Å². The second-order valence-corrected chi connectivity index (χ2v) is 4.15. The van der Waals surface area contributed by atoms with Crippen molar-refractivity contribution in [3.63, 3.8) is 0 Å². The van der Waals surface area contributed by atoms with Crippen LogP contribution in [0.5, 0.6) is 0 Å². The lowest BCUT2D eigenvalue weighted by Crippen LogP contribution is -2.06. The summed E-state index contributed by atoms with van der Waals surface area (Å²) in [6.45, 7) is 0.0371. The molecular formula is C8H10N2O3S. The fourth-order valence-electron chi connectivity index (χ4n) is 0.778. The van der Waals surface area contributed by atoms with Gasteiger partial charge in [-0.15, -0.1) is 0 Å². The Bertz CT molecular complexity index is 400. The number of nitrogens with zero attached hydrogens (tertiary/aromatic N) is 2. The molecule has 1 aromatic heterocycles. The van der Waals surface area contributed by atoms with Gasteiger partial charge in [0.2, 0.25) is 0 Å². The zero-order valence-corrected chi connectivity index (χ0v) is 8.18. The van der Waals surface area contributed by atoms with E-state index in [1.165, 1.54) is 6.21 Å². The molecule has 1 rings (SSSR count). The summed E-state index contributed by atoms with van der Waals surface area (Å²) in [7, 11) is -3.91. The number of pyridine rings is 1. The predicted octanol–water partition coefficient (Wildman–Crippen LogP) is 0.388. The molecule has 0 aromatic carbocycles. The lowest BCUT2D eigenvalue weighted by atomic mass is 10.4. The van der Waals surface area contributed by atoms with E-state index in [2.05, 4.69) is 9.98 Å². The summed E-state index contributed by atoms with van der Waals surface area (Å²) >= 11 is 0. The van der Waals surface area contributed by atoms with Gasteiger partial charge < -0.3 is 0 Å². The highest BCUT2D eigenvalue weighted by Crippen LogP contribution is 1.89. The number of aromatic nitrogens is 1. The number of hydrogen-bond acceptors (Lipinski definition) is 4. The highest BCUT2D eigenvalue weighted by atomic mass is 32.2. The molecule has 1 aromatic rings. The van der Waals surface area contributed by atoms with Crippen LogP contribution in [0.1, 0.15) is 5.69 Å². The minimum Gasteiger partial charge on any atom is -0.290 e. The molecule has 0 aliphatic carbocycles. The number of aliphatic imine (C=N–C) groups is 1. The van der Waals surface area contributed by atoms with Crippen LogP contribution in [-0.2, 0) is 10.1 Å². The van der Waals surface area contributed by atoms with Gasteiger partial charge in [0.15, 0.2) is 0 Å². The maximum Gasteiger partial charge on any atom is 0.266 e. The topological polar surface area (TPSA) is 79.6 Å². The van der Waals surface area contributed by atoms with Gasteiger partial charge in [0, 0.05) is 12.4 Å². The Labute approximate surface area is 82.3 Å². The minimum atomic E-state index is -3.91. The molecule has 0 spiro atoms. The second-order valence-electron chi connectivity index (χ2n) is 2.58. The third-order valence-corrected chi connectivity index (χ3v) is 2.09. The SMILES string of the molecule is O=S(=O)(O)CC/N=C/c1ccccn1. The van der Waals surface area contributed by atoms with Crippen LogP contribution in [0.3, 0.4) is 0 Å². The van der Waals surface area contributed by atoms with Gasteiger partial charge in [0.25, 0.3) is 10.1 Å². The van der Waals surface area contributed by atoms with Crippen LogP contribution in [0.2, 0.25) is 0 Å². The molecular weight excluding hydrogens is 204 g/mol. The van der Waals surface area contributed by atoms with Crippen molar-refractivity contribution in [2.45, 2.75) is 0 Å². The van der Waals surface area contributed by atoms with E-state index in [9.17, 15) is 8.42 Å². The molecule has 0 saturated heterocycles. The normalized spacial score (nSPS) is 12.1. The van der Waals surface area contributed by atoms with Crippen LogP contribution in [0.25, 0.3) is 0 Å². The Kier molecular flexibility index (Phi) is 3.73. The van der Waals surface area contributed by atoms with Crippen LogP contribution in [-0.4, -0.2) is 36.5 Å². The molecule has 1 heterocycles. The summed E-state index contributed by atoms with van der Waals surface area (Å²) in [6.07, 6.45) is 3.08. The Hall–Kier alpha value is -1.27. The average Bonchev–Trinajstić information content (AvgIpc) is 2.13. The first-order valence-corrected chi connectivity index (χ1v) is 5.55. The standard InChI is InChI=1S/C8H10N2O3S/c11-14(12,13)6-5-9-7-8-3-1-2-4-10-8/h1-4,7H,5-6H2,(H,11,12,13)/b9-7+. The summed E-state index contributed by atoms with van der Waals surface area (Å²) in [6, 6.07) is 5.32. The zero-order valence-electron chi connectivity index (χ0n) is 7.37. The quantitative estimate of drug-likeness (QED) is 0.580. The van der Waals surface area contributed by atoms with E-state index in [1.54, 1.807) is 24.4 Å². The largest absolute Gasteiger partial charge is 0.290 e. The van der Waals surface area contributed by atoms with Gasteiger partial charge in [-0.1, -0.05) is 6.07 Å². The Morgan fingerprint density at radius 3 is 2.86 bits per heavy atom. The minimum absolute atomic E-state index is 0.0371. The van der Waals surface area contributed by atoms with Gasteiger partial charge in [-0.3, -0.25) is 14.5 Å². The Morgan fingerprint density at radius 2 is 2.29 bits per heavy atom. The molecule has 6 heteroatoms. The Morgan fingerprint density at radius 1 is 1.50 bits per heavy atom. The van der Waals surface area contributed by atoms with E-state index < -0.39 is 10.1 Å². The van der Waals surface area contributed by atoms with Gasteiger partial charge in [-0.2, -0.15) is 8.42 Å². The lowest BCUT2D eigenvalue weighted by molar-refractivity contribution is 0.483. The smallest absolute Gasteiger partial charge is 0.266 e. The van der Waals surface area contributed by atoms with E-state index >= 15 is 0 Å². The van der Waals surface area contributed by atoms with Crippen molar-refractivity contribution in [1.82, 2.24) is 4.98 Å².